The Morgan fingerprint density at radius 2 is 2.00 bits per heavy atom. The fourth-order valence-electron chi connectivity index (χ4n) is 1.65. The van der Waals surface area contributed by atoms with Crippen LogP contribution in [0.2, 0.25) is 0 Å². The van der Waals surface area contributed by atoms with E-state index in [0.717, 1.165) is 12.3 Å². The summed E-state index contributed by atoms with van der Waals surface area (Å²) in [4.78, 5) is 7.93. The molecule has 0 atom stereocenters. The first-order valence-corrected chi connectivity index (χ1v) is 4.99. The molecule has 3 heterocycles. The molecule has 0 amide bonds. The van der Waals surface area contributed by atoms with Crippen molar-refractivity contribution in [3.8, 4) is 11.4 Å². The minimum absolute atomic E-state index is 0. The molecule has 0 N–H and O–H groups in total. The van der Waals surface area contributed by atoms with Gasteiger partial charge in [-0.1, -0.05) is 6.07 Å². The normalized spacial score (nSPS) is 10.3. The average molecular weight is 423 g/mol. The van der Waals surface area contributed by atoms with E-state index in [0.29, 0.717) is 11.3 Å². The van der Waals surface area contributed by atoms with Gasteiger partial charge in [0.2, 0.25) is 0 Å². The van der Waals surface area contributed by atoms with Gasteiger partial charge in [-0.3, -0.25) is 0 Å². The van der Waals surface area contributed by atoms with E-state index in [1.54, 1.807) is 22.9 Å². The van der Waals surface area contributed by atoms with Gasteiger partial charge in [-0.15, -0.1) is 0 Å². The topological polar surface area (TPSA) is 30.2 Å². The molecule has 0 aliphatic heterocycles. The number of imidazole rings is 1. The Morgan fingerprint density at radius 1 is 1.17 bits per heavy atom. The van der Waals surface area contributed by atoms with Crippen LogP contribution in [-0.4, -0.2) is 14.4 Å². The Balaban J connectivity index is 0.00000120. The number of aromatic nitrogens is 3. The van der Waals surface area contributed by atoms with Gasteiger partial charge in [0.05, 0.1) is 6.20 Å². The Hall–Kier alpha value is -1.65. The summed E-state index contributed by atoms with van der Waals surface area (Å²) in [6.45, 7) is 0. The summed E-state index contributed by atoms with van der Waals surface area (Å²) < 4.78 is 28.0. The SMILES string of the molecule is Fc1cnc(-c2cn3ccccc3n2)c(F)c1.[Ir]. The van der Waals surface area contributed by atoms with E-state index in [2.05, 4.69) is 9.97 Å². The molecular weight excluding hydrogens is 416 g/mol. The number of fused-ring (bicyclic) bond motifs is 1. The zero-order valence-corrected chi connectivity index (χ0v) is 11.4. The average Bonchev–Trinajstić information content (AvgIpc) is 2.72. The van der Waals surface area contributed by atoms with E-state index >= 15 is 0 Å². The first kappa shape index (κ1) is 12.8. The number of hydrogen-bond acceptors (Lipinski definition) is 2. The Bertz CT molecular complexity index is 664. The maximum absolute atomic E-state index is 13.5. The van der Waals surface area contributed by atoms with Gasteiger partial charge in [-0.25, -0.2) is 18.7 Å². The second kappa shape index (κ2) is 4.92. The van der Waals surface area contributed by atoms with Crippen molar-refractivity contribution in [3.05, 3.63) is 54.5 Å². The van der Waals surface area contributed by atoms with Crippen molar-refractivity contribution in [2.75, 3.05) is 0 Å². The van der Waals surface area contributed by atoms with Gasteiger partial charge >= 0.3 is 0 Å². The molecule has 18 heavy (non-hydrogen) atoms. The van der Waals surface area contributed by atoms with Gasteiger partial charge in [0.1, 0.15) is 22.9 Å². The smallest absolute Gasteiger partial charge is 0.154 e. The molecule has 0 saturated heterocycles. The summed E-state index contributed by atoms with van der Waals surface area (Å²) in [5, 5.41) is 0. The molecule has 3 aromatic rings. The van der Waals surface area contributed by atoms with Gasteiger partial charge in [0.15, 0.2) is 5.82 Å². The molecule has 0 saturated carbocycles. The monoisotopic (exact) mass is 424 g/mol. The van der Waals surface area contributed by atoms with Crippen LogP contribution >= 0.6 is 0 Å². The number of rotatable bonds is 1. The van der Waals surface area contributed by atoms with Crippen molar-refractivity contribution in [2.45, 2.75) is 0 Å². The summed E-state index contributed by atoms with van der Waals surface area (Å²) in [6.07, 6.45) is 4.42. The third-order valence-corrected chi connectivity index (χ3v) is 2.41. The molecule has 93 valence electrons. The Morgan fingerprint density at radius 3 is 2.72 bits per heavy atom. The molecule has 1 radical (unpaired) electrons. The second-order valence-corrected chi connectivity index (χ2v) is 3.58. The van der Waals surface area contributed by atoms with Crippen molar-refractivity contribution in [1.82, 2.24) is 14.4 Å². The molecule has 3 aromatic heterocycles. The predicted octanol–water partition coefficient (Wildman–Crippen LogP) is 2.67. The molecule has 6 heteroatoms. The fourth-order valence-corrected chi connectivity index (χ4v) is 1.65. The number of hydrogen-bond donors (Lipinski definition) is 0. The summed E-state index contributed by atoms with van der Waals surface area (Å²) in [6, 6.07) is 6.27. The van der Waals surface area contributed by atoms with E-state index < -0.39 is 11.6 Å². The molecule has 0 fully saturated rings. The van der Waals surface area contributed by atoms with E-state index in [1.165, 1.54) is 0 Å². The van der Waals surface area contributed by atoms with Crippen LogP contribution in [0.15, 0.2) is 42.9 Å². The third kappa shape index (κ3) is 2.17. The number of pyridine rings is 2. The molecular formula is C12H7F2IrN3. The van der Waals surface area contributed by atoms with Crippen LogP contribution in [0.3, 0.4) is 0 Å². The first-order chi connectivity index (χ1) is 8.24. The molecule has 0 aromatic carbocycles. The fraction of sp³-hybridized carbons (Fsp3) is 0. The first-order valence-electron chi connectivity index (χ1n) is 4.99. The van der Waals surface area contributed by atoms with Crippen LogP contribution in [0.25, 0.3) is 17.0 Å². The van der Waals surface area contributed by atoms with Crippen molar-refractivity contribution in [1.29, 1.82) is 0 Å². The summed E-state index contributed by atoms with van der Waals surface area (Å²) in [7, 11) is 0. The standard InChI is InChI=1S/C12H7F2N3.Ir/c13-8-5-9(14)12(15-6-8)10-7-17-4-2-1-3-11(17)16-10;/h1-7H;. The van der Waals surface area contributed by atoms with Crippen LogP contribution in [0, 0.1) is 11.6 Å². The minimum Gasteiger partial charge on any atom is -0.306 e. The maximum Gasteiger partial charge on any atom is 0.154 e. The summed E-state index contributed by atoms with van der Waals surface area (Å²) in [5.74, 6) is -1.41. The van der Waals surface area contributed by atoms with Crippen LogP contribution in [0.1, 0.15) is 0 Å². The van der Waals surface area contributed by atoms with E-state index in [9.17, 15) is 8.78 Å². The molecule has 0 bridgehead atoms. The molecule has 0 unspecified atom stereocenters. The minimum atomic E-state index is -0.714. The zero-order chi connectivity index (χ0) is 11.8. The van der Waals surface area contributed by atoms with Gasteiger partial charge in [-0.2, -0.15) is 0 Å². The van der Waals surface area contributed by atoms with Crippen molar-refractivity contribution < 1.29 is 28.9 Å². The molecule has 0 aliphatic rings. The quantitative estimate of drug-likeness (QED) is 0.603. The van der Waals surface area contributed by atoms with Crippen LogP contribution < -0.4 is 0 Å². The predicted molar refractivity (Wildman–Crippen MR) is 58.3 cm³/mol. The number of nitrogens with zero attached hydrogens (tertiary/aromatic N) is 3. The van der Waals surface area contributed by atoms with Crippen LogP contribution in [0.4, 0.5) is 8.78 Å². The molecule has 3 nitrogen and oxygen atoms in total. The molecule has 3 rings (SSSR count). The zero-order valence-electron chi connectivity index (χ0n) is 8.97. The second-order valence-electron chi connectivity index (χ2n) is 3.58. The van der Waals surface area contributed by atoms with E-state index in [4.69, 9.17) is 0 Å². The molecule has 0 aliphatic carbocycles. The Labute approximate surface area is 115 Å². The summed E-state index contributed by atoms with van der Waals surface area (Å²) >= 11 is 0. The van der Waals surface area contributed by atoms with Crippen molar-refractivity contribution >= 4 is 5.65 Å². The van der Waals surface area contributed by atoms with Crippen molar-refractivity contribution in [3.63, 3.8) is 0 Å². The van der Waals surface area contributed by atoms with E-state index in [1.807, 2.05) is 12.1 Å². The van der Waals surface area contributed by atoms with Gasteiger partial charge in [0, 0.05) is 38.6 Å². The van der Waals surface area contributed by atoms with Gasteiger partial charge < -0.3 is 4.40 Å². The van der Waals surface area contributed by atoms with Crippen LogP contribution in [0.5, 0.6) is 0 Å². The van der Waals surface area contributed by atoms with Crippen molar-refractivity contribution in [2.24, 2.45) is 0 Å². The van der Waals surface area contributed by atoms with Gasteiger partial charge in [0.25, 0.3) is 0 Å². The summed E-state index contributed by atoms with van der Waals surface area (Å²) in [5.41, 5.74) is 1.12. The van der Waals surface area contributed by atoms with E-state index in [-0.39, 0.29) is 25.8 Å². The largest absolute Gasteiger partial charge is 0.306 e. The number of halogens is 2. The Kier molecular flexibility index (Phi) is 3.50. The van der Waals surface area contributed by atoms with Gasteiger partial charge in [-0.05, 0) is 12.1 Å². The molecule has 0 spiro atoms. The third-order valence-electron chi connectivity index (χ3n) is 2.41. The van der Waals surface area contributed by atoms with Crippen LogP contribution in [-0.2, 0) is 20.1 Å². The maximum atomic E-state index is 13.5.